The number of carbonyl (C=O) groups is 1. The fourth-order valence-electron chi connectivity index (χ4n) is 2.79. The zero-order valence-electron chi connectivity index (χ0n) is 10.5. The zero-order chi connectivity index (χ0) is 13.5. The van der Waals surface area contributed by atoms with E-state index >= 15 is 0 Å². The van der Waals surface area contributed by atoms with Crippen molar-refractivity contribution in [3.63, 3.8) is 0 Å². The third kappa shape index (κ3) is 2.23. The summed E-state index contributed by atoms with van der Waals surface area (Å²) in [5.41, 5.74) is 1.51. The molecule has 0 bridgehead atoms. The number of hydrogen-bond donors (Lipinski definition) is 2. The largest absolute Gasteiger partial charge is 0.326 e. The van der Waals surface area contributed by atoms with E-state index < -0.39 is 12.0 Å². The first-order chi connectivity index (χ1) is 9.07. The van der Waals surface area contributed by atoms with Gasteiger partial charge in [-0.15, -0.1) is 0 Å². The Bertz CT molecular complexity index is 510. The third-order valence-corrected chi connectivity index (χ3v) is 3.88. The molecule has 0 saturated carbocycles. The van der Waals surface area contributed by atoms with Crippen molar-refractivity contribution in [3.8, 4) is 0 Å². The van der Waals surface area contributed by atoms with Crippen molar-refractivity contribution in [1.29, 1.82) is 0 Å². The molecule has 2 aliphatic heterocycles. The molecule has 0 radical (unpaired) electrons. The molecule has 0 spiro atoms. The summed E-state index contributed by atoms with van der Waals surface area (Å²) in [6, 6.07) is 3.77. The number of amides is 1. The van der Waals surface area contributed by atoms with Crippen molar-refractivity contribution >= 4 is 11.6 Å². The highest BCUT2D eigenvalue weighted by Gasteiger charge is 2.42. The van der Waals surface area contributed by atoms with Gasteiger partial charge in [0.15, 0.2) is 0 Å². The minimum Gasteiger partial charge on any atom is -0.326 e. The summed E-state index contributed by atoms with van der Waals surface area (Å²) in [6.07, 6.45) is 2.19. The van der Waals surface area contributed by atoms with E-state index in [2.05, 4.69) is 10.6 Å². The van der Waals surface area contributed by atoms with Crippen LogP contribution in [0.3, 0.4) is 0 Å². The Morgan fingerprint density at radius 2 is 2.11 bits per heavy atom. The van der Waals surface area contributed by atoms with Gasteiger partial charge >= 0.3 is 0 Å². The summed E-state index contributed by atoms with van der Waals surface area (Å²) in [5.74, 6) is -2.91. The number of benzene rings is 1. The molecule has 1 fully saturated rings. The van der Waals surface area contributed by atoms with E-state index in [0.29, 0.717) is 31.5 Å². The van der Waals surface area contributed by atoms with E-state index in [9.17, 15) is 13.6 Å². The van der Waals surface area contributed by atoms with Crippen LogP contribution in [0.4, 0.5) is 14.5 Å². The smallest absolute Gasteiger partial charge is 0.288 e. The molecule has 1 saturated heterocycles. The predicted octanol–water partition coefficient (Wildman–Crippen LogP) is 2.42. The number of alkyl halides is 2. The summed E-state index contributed by atoms with van der Waals surface area (Å²) in [6.45, 7) is 0.654. The molecular weight excluding hydrogens is 250 g/mol. The Labute approximate surface area is 110 Å². The van der Waals surface area contributed by atoms with Gasteiger partial charge in [0.25, 0.3) is 5.92 Å². The van der Waals surface area contributed by atoms with Gasteiger partial charge in [0, 0.05) is 17.7 Å². The first kappa shape index (κ1) is 12.5. The molecule has 1 aromatic carbocycles. The molecule has 1 atom stereocenters. The molecule has 1 unspecified atom stereocenters. The van der Waals surface area contributed by atoms with Gasteiger partial charge in [-0.25, -0.2) is 0 Å². The first-order valence-corrected chi connectivity index (χ1v) is 6.62. The molecule has 2 aliphatic rings. The quantitative estimate of drug-likeness (QED) is 0.863. The number of fused-ring (bicyclic) bond motifs is 1. The van der Waals surface area contributed by atoms with Gasteiger partial charge < -0.3 is 10.6 Å². The second-order valence-electron chi connectivity index (χ2n) is 5.19. The van der Waals surface area contributed by atoms with E-state index in [1.165, 1.54) is 12.1 Å². The van der Waals surface area contributed by atoms with Crippen LogP contribution in [0, 0.1) is 0 Å². The standard InChI is InChI=1S/C14H16F2N2O/c15-14(16,12-2-1-7-17-12)10-4-5-11-9(8-10)3-6-13(19)18-11/h4-5,8,12,17H,1-3,6-7H2,(H,18,19). The maximum Gasteiger partial charge on any atom is 0.288 e. The average molecular weight is 266 g/mol. The van der Waals surface area contributed by atoms with E-state index in [1.807, 2.05) is 0 Å². The maximum atomic E-state index is 14.4. The van der Waals surface area contributed by atoms with Gasteiger partial charge in [0.1, 0.15) is 0 Å². The molecule has 2 heterocycles. The molecule has 2 N–H and O–H groups in total. The number of halogens is 2. The average Bonchev–Trinajstić information content (AvgIpc) is 2.92. The lowest BCUT2D eigenvalue weighted by molar-refractivity contribution is -0.116. The number of hydrogen-bond acceptors (Lipinski definition) is 2. The Morgan fingerprint density at radius 1 is 1.26 bits per heavy atom. The van der Waals surface area contributed by atoms with Crippen molar-refractivity contribution in [3.05, 3.63) is 29.3 Å². The Hall–Kier alpha value is -1.49. The first-order valence-electron chi connectivity index (χ1n) is 6.62. The molecule has 3 nitrogen and oxygen atoms in total. The van der Waals surface area contributed by atoms with Gasteiger partial charge in [0.2, 0.25) is 5.91 Å². The second kappa shape index (κ2) is 4.56. The summed E-state index contributed by atoms with van der Waals surface area (Å²) in [7, 11) is 0. The monoisotopic (exact) mass is 266 g/mol. The van der Waals surface area contributed by atoms with Crippen LogP contribution in [0.2, 0.25) is 0 Å². The van der Waals surface area contributed by atoms with E-state index in [-0.39, 0.29) is 11.5 Å². The van der Waals surface area contributed by atoms with Gasteiger partial charge in [-0.3, -0.25) is 4.79 Å². The van der Waals surface area contributed by atoms with Crippen LogP contribution < -0.4 is 10.6 Å². The van der Waals surface area contributed by atoms with Crippen molar-refractivity contribution < 1.29 is 13.6 Å². The molecular formula is C14H16F2N2O. The highest BCUT2D eigenvalue weighted by molar-refractivity contribution is 5.93. The fraction of sp³-hybridized carbons (Fsp3) is 0.500. The SMILES string of the molecule is O=C1CCc2cc(C(F)(F)C3CCCN3)ccc2N1. The van der Waals surface area contributed by atoms with Gasteiger partial charge in [-0.2, -0.15) is 8.78 Å². The fourth-order valence-corrected chi connectivity index (χ4v) is 2.79. The summed E-state index contributed by atoms with van der Waals surface area (Å²) in [5, 5.41) is 5.57. The normalized spacial score (nSPS) is 23.1. The second-order valence-corrected chi connectivity index (χ2v) is 5.19. The number of aryl methyl sites for hydroxylation is 1. The molecule has 1 amide bonds. The van der Waals surface area contributed by atoms with Crippen LogP contribution >= 0.6 is 0 Å². The molecule has 0 aliphatic carbocycles. The molecule has 5 heteroatoms. The van der Waals surface area contributed by atoms with Gasteiger partial charge in [-0.05, 0) is 43.5 Å². The van der Waals surface area contributed by atoms with Crippen LogP contribution in [0.1, 0.15) is 30.4 Å². The molecule has 102 valence electrons. The van der Waals surface area contributed by atoms with E-state index in [4.69, 9.17) is 0 Å². The van der Waals surface area contributed by atoms with Crippen molar-refractivity contribution in [2.75, 3.05) is 11.9 Å². The highest BCUT2D eigenvalue weighted by Crippen LogP contribution is 2.37. The van der Waals surface area contributed by atoms with Crippen LogP contribution in [-0.4, -0.2) is 18.5 Å². The number of anilines is 1. The Balaban J connectivity index is 1.91. The lowest BCUT2D eigenvalue weighted by atomic mass is 9.94. The highest BCUT2D eigenvalue weighted by atomic mass is 19.3. The Kier molecular flexibility index (Phi) is 3.01. The van der Waals surface area contributed by atoms with Crippen molar-refractivity contribution in [2.45, 2.75) is 37.6 Å². The van der Waals surface area contributed by atoms with Crippen LogP contribution in [-0.2, 0) is 17.1 Å². The summed E-state index contributed by atoms with van der Waals surface area (Å²) in [4.78, 5) is 11.2. The number of carbonyl (C=O) groups excluding carboxylic acids is 1. The minimum absolute atomic E-state index is 0.0433. The Morgan fingerprint density at radius 3 is 2.84 bits per heavy atom. The third-order valence-electron chi connectivity index (χ3n) is 3.88. The summed E-state index contributed by atoms with van der Waals surface area (Å²) >= 11 is 0. The van der Waals surface area contributed by atoms with Crippen LogP contribution in [0.5, 0.6) is 0 Å². The minimum atomic E-state index is -2.85. The van der Waals surface area contributed by atoms with Crippen LogP contribution in [0.15, 0.2) is 18.2 Å². The molecule has 19 heavy (non-hydrogen) atoms. The van der Waals surface area contributed by atoms with Crippen molar-refractivity contribution in [2.24, 2.45) is 0 Å². The van der Waals surface area contributed by atoms with Crippen molar-refractivity contribution in [1.82, 2.24) is 5.32 Å². The van der Waals surface area contributed by atoms with E-state index in [1.54, 1.807) is 6.07 Å². The number of rotatable bonds is 2. The lowest BCUT2D eigenvalue weighted by Crippen LogP contribution is -2.38. The lowest BCUT2D eigenvalue weighted by Gasteiger charge is -2.26. The van der Waals surface area contributed by atoms with Gasteiger partial charge in [0.05, 0.1) is 6.04 Å². The van der Waals surface area contributed by atoms with Crippen LogP contribution in [0.25, 0.3) is 0 Å². The van der Waals surface area contributed by atoms with Gasteiger partial charge in [-0.1, -0.05) is 6.07 Å². The zero-order valence-corrected chi connectivity index (χ0v) is 10.5. The maximum absolute atomic E-state index is 14.4. The summed E-state index contributed by atoms with van der Waals surface area (Å²) < 4.78 is 28.7. The van der Waals surface area contributed by atoms with E-state index in [0.717, 1.165) is 12.0 Å². The number of nitrogens with one attached hydrogen (secondary N) is 2. The predicted molar refractivity (Wildman–Crippen MR) is 68.3 cm³/mol. The topological polar surface area (TPSA) is 41.1 Å². The molecule has 0 aromatic heterocycles. The molecule has 3 rings (SSSR count). The molecule has 1 aromatic rings.